The van der Waals surface area contributed by atoms with Crippen molar-refractivity contribution < 1.29 is 19.6 Å². The molecule has 1 N–H and O–H groups in total. The van der Waals surface area contributed by atoms with Crippen molar-refractivity contribution >= 4 is 22.8 Å². The number of nitro groups is 1. The minimum atomic E-state index is -1.51. The Morgan fingerprint density at radius 1 is 1.18 bits per heavy atom. The molecule has 34 heavy (non-hydrogen) atoms. The van der Waals surface area contributed by atoms with Gasteiger partial charge in [0.1, 0.15) is 17.1 Å². The molecule has 1 atom stereocenters. The normalized spacial score (nSPS) is 11.9. The maximum absolute atomic E-state index is 11.8. The molecule has 174 valence electrons. The monoisotopic (exact) mass is 460 g/mol. The third kappa shape index (κ3) is 4.59. The van der Waals surface area contributed by atoms with E-state index in [0.717, 1.165) is 41.0 Å². The molecule has 0 aliphatic carbocycles. The number of nitrogens with zero attached hydrogens (tertiary/aromatic N) is 4. The number of benzene rings is 2. The Balaban J connectivity index is 1.60. The highest BCUT2D eigenvalue weighted by Crippen LogP contribution is 2.30. The fraction of sp³-hybridized carbons (Fsp3) is 0.240. The number of rotatable bonds is 9. The van der Waals surface area contributed by atoms with Crippen molar-refractivity contribution in [3.8, 4) is 5.75 Å². The van der Waals surface area contributed by atoms with E-state index in [4.69, 9.17) is 9.72 Å². The number of para-hydroxylation sites is 1. The smallest absolute Gasteiger partial charge is 0.349 e. The molecule has 2 aromatic heterocycles. The van der Waals surface area contributed by atoms with E-state index >= 15 is 0 Å². The average molecular weight is 460 g/mol. The molecule has 2 aromatic carbocycles. The van der Waals surface area contributed by atoms with Crippen molar-refractivity contribution in [2.45, 2.75) is 39.3 Å². The standard InChI is InChI=1S/C25H24N4O5/c1-3-6-21-27-22-16(2)13-14-26-24(22)28(21)15-17-9-11-18(12-10-17)34-23(25(30)31)19-7-4-5-8-20(19)29(32)33/h4-5,7-14,23H,3,6,15H2,1-2H3,(H,30,31). The number of aryl methyl sites for hydroxylation is 2. The molecule has 4 rings (SSSR count). The molecular weight excluding hydrogens is 436 g/mol. The molecule has 0 aliphatic heterocycles. The van der Waals surface area contributed by atoms with Gasteiger partial charge in [0, 0.05) is 18.7 Å². The largest absolute Gasteiger partial charge is 0.478 e. The molecule has 9 heteroatoms. The summed E-state index contributed by atoms with van der Waals surface area (Å²) in [6.07, 6.45) is 2.05. The highest BCUT2D eigenvalue weighted by Gasteiger charge is 2.29. The first-order valence-electron chi connectivity index (χ1n) is 10.9. The Hall–Kier alpha value is -4.27. The Kier molecular flexibility index (Phi) is 6.53. The SMILES string of the molecule is CCCc1nc2c(C)ccnc2n1Cc1ccc(OC(C(=O)O)c2ccccc2[N+](=O)[O-])cc1. The number of carboxylic acids is 1. The van der Waals surface area contributed by atoms with E-state index in [1.807, 2.05) is 25.1 Å². The lowest BCUT2D eigenvalue weighted by Crippen LogP contribution is -2.19. The topological polar surface area (TPSA) is 120 Å². The predicted octanol–water partition coefficient (Wildman–Crippen LogP) is 4.85. The molecule has 0 aliphatic rings. The summed E-state index contributed by atoms with van der Waals surface area (Å²) >= 11 is 0. The van der Waals surface area contributed by atoms with Gasteiger partial charge in [-0.05, 0) is 48.7 Å². The Morgan fingerprint density at radius 2 is 1.91 bits per heavy atom. The molecular formula is C25H24N4O5. The maximum atomic E-state index is 11.8. The van der Waals surface area contributed by atoms with E-state index in [0.29, 0.717) is 12.3 Å². The van der Waals surface area contributed by atoms with Crippen LogP contribution in [-0.2, 0) is 17.8 Å². The number of pyridine rings is 1. The third-order valence-corrected chi connectivity index (χ3v) is 5.55. The van der Waals surface area contributed by atoms with Gasteiger partial charge in [0.2, 0.25) is 6.10 Å². The van der Waals surface area contributed by atoms with Crippen LogP contribution >= 0.6 is 0 Å². The summed E-state index contributed by atoms with van der Waals surface area (Å²) in [5.41, 5.74) is 3.43. The first kappa shape index (κ1) is 22.9. The third-order valence-electron chi connectivity index (χ3n) is 5.55. The fourth-order valence-corrected chi connectivity index (χ4v) is 3.88. The van der Waals surface area contributed by atoms with Crippen molar-refractivity contribution in [2.24, 2.45) is 0 Å². The number of hydrogen-bond donors (Lipinski definition) is 1. The first-order valence-corrected chi connectivity index (χ1v) is 10.9. The van der Waals surface area contributed by atoms with Gasteiger partial charge in [-0.3, -0.25) is 10.1 Å². The van der Waals surface area contributed by atoms with Crippen LogP contribution in [0.4, 0.5) is 5.69 Å². The second kappa shape index (κ2) is 9.70. The van der Waals surface area contributed by atoms with E-state index in [2.05, 4.69) is 16.5 Å². The van der Waals surface area contributed by atoms with Crippen molar-refractivity contribution in [3.05, 3.63) is 93.4 Å². The fourth-order valence-electron chi connectivity index (χ4n) is 3.88. The van der Waals surface area contributed by atoms with Crippen molar-refractivity contribution in [1.82, 2.24) is 14.5 Å². The molecule has 0 amide bonds. The van der Waals surface area contributed by atoms with Crippen LogP contribution in [0, 0.1) is 17.0 Å². The lowest BCUT2D eigenvalue weighted by Gasteiger charge is -2.16. The van der Waals surface area contributed by atoms with E-state index in [1.54, 1.807) is 24.4 Å². The summed E-state index contributed by atoms with van der Waals surface area (Å²) in [5, 5.41) is 21.0. The van der Waals surface area contributed by atoms with E-state index in [9.17, 15) is 20.0 Å². The molecule has 0 spiro atoms. The van der Waals surface area contributed by atoms with E-state index in [1.165, 1.54) is 18.2 Å². The number of hydrogen-bond acceptors (Lipinski definition) is 6. The van der Waals surface area contributed by atoms with E-state index in [-0.39, 0.29) is 11.3 Å². The van der Waals surface area contributed by atoms with Gasteiger partial charge in [0.25, 0.3) is 5.69 Å². The zero-order valence-corrected chi connectivity index (χ0v) is 18.8. The minimum absolute atomic E-state index is 0.0142. The van der Waals surface area contributed by atoms with Crippen molar-refractivity contribution in [3.63, 3.8) is 0 Å². The van der Waals surface area contributed by atoms with Gasteiger partial charge in [0.05, 0.1) is 17.0 Å². The molecule has 0 saturated carbocycles. The summed E-state index contributed by atoms with van der Waals surface area (Å²) in [6, 6.07) is 14.6. The summed E-state index contributed by atoms with van der Waals surface area (Å²) in [7, 11) is 0. The van der Waals surface area contributed by atoms with Crippen LogP contribution in [0.15, 0.2) is 60.8 Å². The summed E-state index contributed by atoms with van der Waals surface area (Å²) in [4.78, 5) is 31.9. The molecule has 0 bridgehead atoms. The van der Waals surface area contributed by atoms with Gasteiger partial charge in [0.15, 0.2) is 5.65 Å². The van der Waals surface area contributed by atoms with Crippen LogP contribution in [0.3, 0.4) is 0 Å². The van der Waals surface area contributed by atoms with Gasteiger partial charge in [-0.15, -0.1) is 0 Å². The van der Waals surface area contributed by atoms with Crippen LogP contribution in [-0.4, -0.2) is 30.5 Å². The summed E-state index contributed by atoms with van der Waals surface area (Å²) in [6.45, 7) is 4.67. The highest BCUT2D eigenvalue weighted by molar-refractivity contribution is 5.77. The number of nitro benzene ring substituents is 1. The number of ether oxygens (including phenoxy) is 1. The number of aliphatic carboxylic acids is 1. The predicted molar refractivity (Wildman–Crippen MR) is 126 cm³/mol. The zero-order chi connectivity index (χ0) is 24.2. The van der Waals surface area contributed by atoms with Crippen LogP contribution < -0.4 is 4.74 Å². The minimum Gasteiger partial charge on any atom is -0.478 e. The molecule has 0 fully saturated rings. The van der Waals surface area contributed by atoms with E-state index < -0.39 is 17.0 Å². The number of carbonyl (C=O) groups is 1. The van der Waals surface area contributed by atoms with Crippen molar-refractivity contribution in [1.29, 1.82) is 0 Å². The molecule has 1 unspecified atom stereocenters. The Morgan fingerprint density at radius 3 is 2.59 bits per heavy atom. The van der Waals surface area contributed by atoms with Crippen LogP contribution in [0.5, 0.6) is 5.75 Å². The molecule has 4 aromatic rings. The number of carboxylic acid groups (broad SMARTS) is 1. The quantitative estimate of drug-likeness (QED) is 0.280. The lowest BCUT2D eigenvalue weighted by atomic mass is 10.1. The van der Waals surface area contributed by atoms with Gasteiger partial charge in [-0.2, -0.15) is 0 Å². The average Bonchev–Trinajstić information content (AvgIpc) is 3.17. The summed E-state index contributed by atoms with van der Waals surface area (Å²) in [5.74, 6) is -0.0524. The lowest BCUT2D eigenvalue weighted by molar-refractivity contribution is -0.386. The maximum Gasteiger partial charge on any atom is 0.349 e. The Bertz CT molecular complexity index is 1350. The number of imidazole rings is 1. The second-order valence-corrected chi connectivity index (χ2v) is 7.96. The van der Waals surface area contributed by atoms with Gasteiger partial charge >= 0.3 is 5.97 Å². The van der Waals surface area contributed by atoms with Crippen LogP contribution in [0.25, 0.3) is 11.2 Å². The number of aromatic nitrogens is 3. The first-order chi connectivity index (χ1) is 16.4. The summed E-state index contributed by atoms with van der Waals surface area (Å²) < 4.78 is 7.75. The molecule has 0 radical (unpaired) electrons. The molecule has 0 saturated heterocycles. The molecule has 2 heterocycles. The van der Waals surface area contributed by atoms with Crippen LogP contribution in [0.2, 0.25) is 0 Å². The zero-order valence-electron chi connectivity index (χ0n) is 18.8. The molecule has 9 nitrogen and oxygen atoms in total. The number of fused-ring (bicyclic) bond motifs is 1. The van der Waals surface area contributed by atoms with Gasteiger partial charge in [-0.1, -0.05) is 31.2 Å². The second-order valence-electron chi connectivity index (χ2n) is 7.96. The van der Waals surface area contributed by atoms with Crippen LogP contribution in [0.1, 0.15) is 42.0 Å². The van der Waals surface area contributed by atoms with Gasteiger partial charge in [-0.25, -0.2) is 14.8 Å². The van der Waals surface area contributed by atoms with Gasteiger partial charge < -0.3 is 14.4 Å². The highest BCUT2D eigenvalue weighted by atomic mass is 16.6. The van der Waals surface area contributed by atoms with Crippen molar-refractivity contribution in [2.75, 3.05) is 0 Å². The Labute approximate surface area is 195 Å².